The van der Waals surface area contributed by atoms with Crippen molar-refractivity contribution >= 4 is 14.0 Å². The molecule has 0 saturated heterocycles. The summed E-state index contributed by atoms with van der Waals surface area (Å²) in [5, 5.41) is 10.6. The summed E-state index contributed by atoms with van der Waals surface area (Å²) >= 11 is 0. The molecule has 2 N–H and O–H groups in total. The summed E-state index contributed by atoms with van der Waals surface area (Å²) in [6, 6.07) is 8.77. The van der Waals surface area contributed by atoms with Crippen LogP contribution >= 0.6 is 0 Å². The second-order valence-electron chi connectivity index (χ2n) is 1.81. The molecule has 1 rings (SSSR count). The van der Waals surface area contributed by atoms with Crippen LogP contribution in [0.4, 0.5) is 0 Å². The second kappa shape index (κ2) is 3.24. The average Bonchev–Trinajstić information content (AvgIpc) is 2.05. The van der Waals surface area contributed by atoms with Crippen LogP contribution in [0.2, 0.25) is 0 Å². The van der Waals surface area contributed by atoms with Crippen molar-refractivity contribution in [3.63, 3.8) is 0 Å². The first-order chi connectivity index (χ1) is 4.84. The maximum Gasteiger partial charge on any atom is 0.452 e. The van der Waals surface area contributed by atoms with Crippen LogP contribution in [0.3, 0.4) is 0 Å². The van der Waals surface area contributed by atoms with E-state index >= 15 is 0 Å². The van der Waals surface area contributed by atoms with Crippen LogP contribution in [0.25, 0.3) is 0 Å². The van der Waals surface area contributed by atoms with E-state index in [0.717, 1.165) is 0 Å². The first kappa shape index (κ1) is 7.11. The Hall–Kier alpha value is -1.00. The Kier molecular flexibility index (Phi) is 2.30. The average molecular weight is 153 g/mol. The summed E-state index contributed by atoms with van der Waals surface area (Å²) in [7, 11) is -2.15. The van der Waals surface area contributed by atoms with Gasteiger partial charge in [0, 0.05) is 5.19 Å². The molecule has 0 unspecified atom stereocenters. The van der Waals surface area contributed by atoms with Crippen molar-refractivity contribution in [3.8, 4) is 0 Å². The van der Waals surface area contributed by atoms with Crippen LogP contribution in [0.1, 0.15) is 0 Å². The van der Waals surface area contributed by atoms with E-state index in [-0.39, 0.29) is 0 Å². The van der Waals surface area contributed by atoms with Crippen molar-refractivity contribution in [2.75, 3.05) is 0 Å². The predicted octanol–water partition coefficient (Wildman–Crippen LogP) is -0.209. The summed E-state index contributed by atoms with van der Waals surface area (Å²) in [4.78, 5) is 0. The first-order valence-electron chi connectivity index (χ1n) is 2.84. The largest absolute Gasteiger partial charge is 0.452 e. The minimum atomic E-state index is -2.15. The second-order valence-corrected chi connectivity index (χ2v) is 3.27. The minimum absolute atomic E-state index is 0.634. The highest BCUT2D eigenvalue weighted by Gasteiger charge is 2.04. The summed E-state index contributed by atoms with van der Waals surface area (Å²) in [6.07, 6.45) is 0. The molecule has 1 aromatic rings. The van der Waals surface area contributed by atoms with E-state index in [9.17, 15) is 4.46 Å². The molecule has 52 valence electrons. The van der Waals surface area contributed by atoms with Gasteiger partial charge < -0.3 is 4.46 Å². The maximum atomic E-state index is 10.8. The normalized spacial score (nSPS) is 8.90. The maximum absolute atomic E-state index is 10.8. The molecular weight excluding hydrogens is 146 g/mol. The lowest BCUT2D eigenvalue weighted by Crippen LogP contribution is -2.34. The Morgan fingerprint density at radius 3 is 2.40 bits per heavy atom. The van der Waals surface area contributed by atoms with Crippen LogP contribution < -0.4 is 10.3 Å². The van der Waals surface area contributed by atoms with E-state index in [1.807, 2.05) is 6.07 Å². The van der Waals surface area contributed by atoms with Gasteiger partial charge in [0.2, 0.25) is 0 Å². The first-order valence-corrected chi connectivity index (χ1v) is 4.25. The van der Waals surface area contributed by atoms with Crippen LogP contribution in [0.15, 0.2) is 30.3 Å². The van der Waals surface area contributed by atoms with Gasteiger partial charge in [-0.05, 0) is 0 Å². The lowest BCUT2D eigenvalue weighted by Gasteiger charge is -1.92. The van der Waals surface area contributed by atoms with E-state index in [1.54, 1.807) is 29.4 Å². The molecule has 0 spiro atoms. The van der Waals surface area contributed by atoms with Gasteiger partial charge in [0.1, 0.15) is 0 Å². The Labute approximate surface area is 60.0 Å². The van der Waals surface area contributed by atoms with Gasteiger partial charge in [-0.1, -0.05) is 30.3 Å². The van der Waals surface area contributed by atoms with Crippen LogP contribution in [0.5, 0.6) is 0 Å². The number of rotatable bonds is 2. The molecule has 0 radical (unpaired) electrons. The van der Waals surface area contributed by atoms with Gasteiger partial charge in [0.25, 0.3) is 0 Å². The van der Waals surface area contributed by atoms with Crippen LogP contribution in [-0.2, 0) is 4.46 Å². The fourth-order valence-electron chi connectivity index (χ4n) is 0.654. The van der Waals surface area contributed by atoms with Crippen molar-refractivity contribution in [2.24, 2.45) is 0 Å². The molecule has 0 heterocycles. The zero-order valence-corrected chi connectivity index (χ0v) is 6.24. The monoisotopic (exact) mass is 153 g/mol. The van der Waals surface area contributed by atoms with Crippen molar-refractivity contribution in [1.29, 1.82) is 0 Å². The lowest BCUT2D eigenvalue weighted by molar-refractivity contribution is 0.234. The smallest absolute Gasteiger partial charge is 0.352 e. The molecule has 0 aromatic heterocycles. The quantitative estimate of drug-likeness (QED) is 0.456. The van der Waals surface area contributed by atoms with E-state index < -0.39 is 8.84 Å². The Morgan fingerprint density at radius 1 is 1.30 bits per heavy atom. The summed E-state index contributed by atoms with van der Waals surface area (Å²) < 4.78 is 10.8. The zero-order valence-electron chi connectivity index (χ0n) is 5.24. The Morgan fingerprint density at radius 2 is 1.90 bits per heavy atom. The van der Waals surface area contributed by atoms with Gasteiger partial charge in [-0.2, -0.15) is 0 Å². The molecule has 3 nitrogen and oxygen atoms in total. The van der Waals surface area contributed by atoms with Crippen molar-refractivity contribution in [1.82, 2.24) is 5.15 Å². The highest BCUT2D eigenvalue weighted by atomic mass is 28.3. The van der Waals surface area contributed by atoms with Gasteiger partial charge in [-0.3, -0.25) is 10.4 Å². The van der Waals surface area contributed by atoms with E-state index in [1.165, 1.54) is 0 Å². The van der Waals surface area contributed by atoms with Gasteiger partial charge in [-0.15, -0.1) is 0 Å². The summed E-state index contributed by atoms with van der Waals surface area (Å²) in [5.74, 6) is 0. The highest BCUT2D eigenvalue weighted by Crippen LogP contribution is 1.80. The van der Waals surface area contributed by atoms with Crippen LogP contribution in [0, 0.1) is 0 Å². The topological polar surface area (TPSA) is 49.3 Å². The minimum Gasteiger partial charge on any atom is -0.352 e. The van der Waals surface area contributed by atoms with Gasteiger partial charge in [0.05, 0.1) is 0 Å². The molecule has 10 heavy (non-hydrogen) atoms. The Bertz CT molecular complexity index is 224. The molecule has 0 amide bonds. The highest BCUT2D eigenvalue weighted by molar-refractivity contribution is 6.56. The van der Waals surface area contributed by atoms with Crippen molar-refractivity contribution in [2.45, 2.75) is 0 Å². The predicted molar refractivity (Wildman–Crippen MR) is 37.4 cm³/mol. The number of hydrogen-bond acceptors (Lipinski definition) is 2. The van der Waals surface area contributed by atoms with E-state index in [0.29, 0.717) is 5.19 Å². The molecule has 0 bridgehead atoms. The SMILES string of the molecule is O=[Si](NO)c1ccccc1. The van der Waals surface area contributed by atoms with Gasteiger partial charge in [0.15, 0.2) is 0 Å². The lowest BCUT2D eigenvalue weighted by atomic mass is 10.4. The van der Waals surface area contributed by atoms with Crippen molar-refractivity contribution < 1.29 is 9.67 Å². The molecule has 0 aliphatic heterocycles. The molecular formula is C6H7NO2Si. The van der Waals surface area contributed by atoms with Crippen molar-refractivity contribution in [3.05, 3.63) is 30.3 Å². The third-order valence-electron chi connectivity index (χ3n) is 1.14. The molecule has 1 aromatic carbocycles. The van der Waals surface area contributed by atoms with E-state index in [4.69, 9.17) is 5.21 Å². The summed E-state index contributed by atoms with van der Waals surface area (Å²) in [5.41, 5.74) is 0. The number of benzene rings is 1. The number of hydrogen-bond donors (Lipinski definition) is 2. The van der Waals surface area contributed by atoms with Gasteiger partial charge in [-0.25, -0.2) is 0 Å². The standard InChI is InChI=1S/C6H7NO2Si/c8-7-10(9)6-4-2-1-3-5-6/h1-5,7-8H. The molecule has 0 aliphatic rings. The Balaban J connectivity index is 2.85. The third-order valence-corrected chi connectivity index (χ3v) is 2.20. The summed E-state index contributed by atoms with van der Waals surface area (Å²) in [6.45, 7) is 0. The molecule has 0 aliphatic carbocycles. The molecule has 0 saturated carbocycles. The third kappa shape index (κ3) is 1.49. The number of nitrogens with one attached hydrogen (secondary N) is 1. The fraction of sp³-hybridized carbons (Fsp3) is 0. The molecule has 4 heteroatoms. The zero-order chi connectivity index (χ0) is 7.40. The molecule has 0 fully saturated rings. The molecule has 0 atom stereocenters. The fourth-order valence-corrected chi connectivity index (χ4v) is 1.28. The van der Waals surface area contributed by atoms with E-state index in [2.05, 4.69) is 0 Å². The van der Waals surface area contributed by atoms with Crippen LogP contribution in [-0.4, -0.2) is 14.1 Å². The van der Waals surface area contributed by atoms with Gasteiger partial charge >= 0.3 is 8.84 Å².